The maximum Gasteiger partial charge on any atom is 0.121 e. The fraction of sp³-hybridized carbons (Fsp3) is 0.304. The summed E-state index contributed by atoms with van der Waals surface area (Å²) in [4.78, 5) is 9.25. The average molecular weight is 378 g/mol. The monoisotopic (exact) mass is 378 g/mol. The molecule has 1 aliphatic rings. The average Bonchev–Trinajstić information content (AvgIpc) is 2.73. The van der Waals surface area contributed by atoms with Gasteiger partial charge < -0.3 is 15.3 Å². The third-order valence-corrected chi connectivity index (χ3v) is 4.90. The molecule has 2 aromatic rings. The molecule has 1 unspecified atom stereocenters. The first-order chi connectivity index (χ1) is 13.5. The van der Waals surface area contributed by atoms with Gasteiger partial charge in [0, 0.05) is 11.1 Å². The van der Waals surface area contributed by atoms with Crippen LogP contribution in [0.25, 0.3) is 0 Å². The van der Waals surface area contributed by atoms with Crippen LogP contribution in [0.5, 0.6) is 0 Å². The Kier molecular flexibility index (Phi) is 6.52. The molecule has 3 rings (SSSR count). The molecule has 5 nitrogen and oxygen atoms in total. The van der Waals surface area contributed by atoms with Crippen molar-refractivity contribution in [1.82, 2.24) is 0 Å². The van der Waals surface area contributed by atoms with Gasteiger partial charge in [-0.2, -0.15) is 0 Å². The molecule has 4 atom stereocenters. The Labute approximate surface area is 165 Å². The van der Waals surface area contributed by atoms with Crippen LogP contribution in [-0.4, -0.2) is 51.2 Å². The molecular formula is C23H26N2O3. The van der Waals surface area contributed by atoms with Crippen molar-refractivity contribution in [2.45, 2.75) is 44.6 Å². The van der Waals surface area contributed by atoms with Crippen molar-refractivity contribution < 1.29 is 15.3 Å². The lowest BCUT2D eigenvalue weighted by molar-refractivity contribution is -0.0572. The Bertz CT molecular complexity index is 834. The zero-order chi connectivity index (χ0) is 20.1. The van der Waals surface area contributed by atoms with E-state index in [0.717, 1.165) is 16.8 Å². The molecule has 3 N–H and O–H groups in total. The van der Waals surface area contributed by atoms with Gasteiger partial charge in [-0.3, -0.25) is 4.99 Å². The fourth-order valence-electron chi connectivity index (χ4n) is 3.36. The van der Waals surface area contributed by atoms with E-state index in [1.165, 1.54) is 0 Å². The zero-order valence-corrected chi connectivity index (χ0v) is 16.1. The number of aliphatic hydroxyl groups is 3. The molecule has 0 saturated carbocycles. The molecule has 0 aliphatic heterocycles. The Morgan fingerprint density at radius 2 is 1.39 bits per heavy atom. The first kappa shape index (κ1) is 20.1. The second kappa shape index (κ2) is 9.06. The van der Waals surface area contributed by atoms with Crippen LogP contribution in [0.1, 0.15) is 31.4 Å². The van der Waals surface area contributed by atoms with E-state index in [1.807, 2.05) is 67.6 Å². The van der Waals surface area contributed by atoms with Gasteiger partial charge in [-0.05, 0) is 18.9 Å². The van der Waals surface area contributed by atoms with E-state index in [0.29, 0.717) is 17.8 Å². The van der Waals surface area contributed by atoms with E-state index in [2.05, 4.69) is 4.99 Å². The maximum absolute atomic E-state index is 10.3. The van der Waals surface area contributed by atoms with Crippen LogP contribution in [0.2, 0.25) is 0 Å². The number of hydrogen-bond donors (Lipinski definition) is 3. The van der Waals surface area contributed by atoms with Crippen molar-refractivity contribution in [3.63, 3.8) is 0 Å². The van der Waals surface area contributed by atoms with Crippen molar-refractivity contribution in [1.29, 1.82) is 0 Å². The molecule has 146 valence electrons. The van der Waals surface area contributed by atoms with E-state index in [-0.39, 0.29) is 0 Å². The summed E-state index contributed by atoms with van der Waals surface area (Å²) in [5.41, 5.74) is 3.39. The van der Waals surface area contributed by atoms with Gasteiger partial charge in [-0.15, -0.1) is 0 Å². The largest absolute Gasteiger partial charge is 0.388 e. The smallest absolute Gasteiger partial charge is 0.121 e. The van der Waals surface area contributed by atoms with Crippen LogP contribution in [0.3, 0.4) is 0 Å². The fourth-order valence-corrected chi connectivity index (χ4v) is 3.36. The molecule has 0 spiro atoms. The number of hydrogen-bond acceptors (Lipinski definition) is 4. The molecule has 0 saturated heterocycles. The molecule has 0 aromatic heterocycles. The quantitative estimate of drug-likeness (QED) is 0.434. The van der Waals surface area contributed by atoms with Gasteiger partial charge in [-0.1, -0.05) is 73.7 Å². The number of aliphatic hydroxyl groups excluding tert-OH is 3. The van der Waals surface area contributed by atoms with Crippen LogP contribution >= 0.6 is 0 Å². The second-order valence-corrected chi connectivity index (χ2v) is 6.88. The van der Waals surface area contributed by atoms with E-state index in [9.17, 15) is 15.3 Å². The lowest BCUT2D eigenvalue weighted by Gasteiger charge is -2.32. The predicted molar refractivity (Wildman–Crippen MR) is 112 cm³/mol. The summed E-state index contributed by atoms with van der Waals surface area (Å²) in [6, 6.07) is 19.0. The van der Waals surface area contributed by atoms with E-state index < -0.39 is 24.4 Å². The SMILES string of the molecule is CCC1=C[C@H](N=C(C)N=C(c2ccccc2)c2ccccc2)[C@H](O)C(O)[C@@H]1O. The van der Waals surface area contributed by atoms with Crippen molar-refractivity contribution in [3.05, 3.63) is 83.4 Å². The van der Waals surface area contributed by atoms with Gasteiger partial charge in [0.1, 0.15) is 24.1 Å². The highest BCUT2D eigenvalue weighted by atomic mass is 16.4. The zero-order valence-electron chi connectivity index (χ0n) is 16.1. The molecule has 0 bridgehead atoms. The highest BCUT2D eigenvalue weighted by molar-refractivity contribution is 6.17. The molecular weight excluding hydrogens is 352 g/mol. The van der Waals surface area contributed by atoms with Crippen LogP contribution in [0.15, 0.2) is 82.3 Å². The molecule has 5 heteroatoms. The standard InChI is InChI=1S/C23H26N2O3/c1-3-16-14-19(22(27)23(28)21(16)26)24-15(2)25-20(17-10-6-4-7-11-17)18-12-8-5-9-13-18/h4-14,19,21-23,26-28H,3H2,1-2H3/t19-,21+,22-,23?/m0/s1. The first-order valence-electron chi connectivity index (χ1n) is 9.50. The number of amidine groups is 1. The third kappa shape index (κ3) is 4.44. The normalized spacial score (nSPS) is 25.2. The molecule has 0 heterocycles. The minimum Gasteiger partial charge on any atom is -0.388 e. The molecule has 0 amide bonds. The Balaban J connectivity index is 1.99. The van der Waals surface area contributed by atoms with Crippen molar-refractivity contribution in [3.8, 4) is 0 Å². The lowest BCUT2D eigenvalue weighted by atomic mass is 9.87. The lowest BCUT2D eigenvalue weighted by Crippen LogP contribution is -2.47. The van der Waals surface area contributed by atoms with Gasteiger partial charge in [0.25, 0.3) is 0 Å². The minimum absolute atomic E-state index is 0.488. The Hall–Kier alpha value is -2.60. The number of nitrogens with zero attached hydrogens (tertiary/aromatic N) is 2. The summed E-state index contributed by atoms with van der Waals surface area (Å²) in [6.45, 7) is 3.67. The van der Waals surface area contributed by atoms with Gasteiger partial charge in [0.05, 0.1) is 11.8 Å². The molecule has 1 aliphatic carbocycles. The van der Waals surface area contributed by atoms with Crippen molar-refractivity contribution >= 4 is 11.5 Å². The maximum atomic E-state index is 10.3. The highest BCUT2D eigenvalue weighted by Gasteiger charge is 2.36. The Morgan fingerprint density at radius 3 is 1.89 bits per heavy atom. The van der Waals surface area contributed by atoms with Crippen LogP contribution in [-0.2, 0) is 0 Å². The summed E-state index contributed by atoms with van der Waals surface area (Å²) in [5.74, 6) is 0.488. The second-order valence-electron chi connectivity index (χ2n) is 6.88. The molecule has 2 aromatic carbocycles. The highest BCUT2D eigenvalue weighted by Crippen LogP contribution is 2.24. The summed E-state index contributed by atoms with van der Waals surface area (Å²) in [6.07, 6.45) is -1.18. The minimum atomic E-state index is -1.26. The molecule has 28 heavy (non-hydrogen) atoms. The van der Waals surface area contributed by atoms with E-state index >= 15 is 0 Å². The summed E-state index contributed by atoms with van der Waals surface area (Å²) in [5, 5.41) is 30.5. The van der Waals surface area contributed by atoms with Crippen molar-refractivity contribution in [2.24, 2.45) is 9.98 Å². The number of rotatable bonds is 4. The Morgan fingerprint density at radius 1 is 0.857 bits per heavy atom. The van der Waals surface area contributed by atoms with E-state index in [1.54, 1.807) is 13.0 Å². The summed E-state index contributed by atoms with van der Waals surface area (Å²) in [7, 11) is 0. The number of aliphatic imine (C=N–C) groups is 2. The van der Waals surface area contributed by atoms with Gasteiger partial charge >= 0.3 is 0 Å². The first-order valence-corrected chi connectivity index (χ1v) is 9.50. The van der Waals surface area contributed by atoms with E-state index in [4.69, 9.17) is 4.99 Å². The topological polar surface area (TPSA) is 85.4 Å². The summed E-state index contributed by atoms with van der Waals surface area (Å²) >= 11 is 0. The van der Waals surface area contributed by atoms with Crippen LogP contribution in [0.4, 0.5) is 0 Å². The van der Waals surface area contributed by atoms with Gasteiger partial charge in [0.15, 0.2) is 0 Å². The molecule has 0 radical (unpaired) electrons. The van der Waals surface area contributed by atoms with Gasteiger partial charge in [-0.25, -0.2) is 4.99 Å². The third-order valence-electron chi connectivity index (χ3n) is 4.90. The number of benzene rings is 2. The van der Waals surface area contributed by atoms with Crippen LogP contribution < -0.4 is 0 Å². The molecule has 0 fully saturated rings. The van der Waals surface area contributed by atoms with Crippen molar-refractivity contribution in [2.75, 3.05) is 0 Å². The summed E-state index contributed by atoms with van der Waals surface area (Å²) < 4.78 is 0. The van der Waals surface area contributed by atoms with Gasteiger partial charge in [0.2, 0.25) is 0 Å². The predicted octanol–water partition coefficient (Wildman–Crippen LogP) is 2.74. The van der Waals surface area contributed by atoms with Crippen LogP contribution in [0, 0.1) is 0 Å².